The van der Waals surface area contributed by atoms with Gasteiger partial charge in [-0.1, -0.05) is 0 Å². The number of H-pyrrole nitrogens is 1. The number of benzene rings is 2. The van der Waals surface area contributed by atoms with Crippen LogP contribution in [0.15, 0.2) is 42.7 Å². The highest BCUT2D eigenvalue weighted by atomic mass is 16.5. The number of aryl methyl sites for hydroxylation is 1. The maximum atomic E-state index is 6.08. The van der Waals surface area contributed by atoms with Crippen molar-refractivity contribution in [2.45, 2.75) is 12.8 Å². The summed E-state index contributed by atoms with van der Waals surface area (Å²) in [6.07, 6.45) is 1.46. The molecule has 1 aliphatic rings. The van der Waals surface area contributed by atoms with Gasteiger partial charge in [-0.2, -0.15) is 0 Å². The van der Waals surface area contributed by atoms with Crippen LogP contribution in [-0.2, 0) is 0 Å². The molecular weight excluding hydrogens is 450 g/mol. The standard InChI is InChI=1S/C25H25N5O5/c1-13-19-20(14-10-17(32-3)22(34-5)18(11-14)33-4)21-23(28-15-6-8-16(31-2)9-7-15)26-12-27-24(21)35-25(19)30-29-13/h6-12,20H,1-5H3,(H,29,30)(H,26,27,28). The van der Waals surface area contributed by atoms with E-state index < -0.39 is 0 Å². The van der Waals surface area contributed by atoms with Gasteiger partial charge in [0.1, 0.15) is 17.9 Å². The summed E-state index contributed by atoms with van der Waals surface area (Å²) in [6, 6.07) is 11.4. The molecule has 1 aliphatic heterocycles. The third-order valence-corrected chi connectivity index (χ3v) is 5.95. The molecule has 2 aromatic carbocycles. The minimum absolute atomic E-state index is 0.330. The maximum Gasteiger partial charge on any atom is 0.244 e. The number of methoxy groups -OCH3 is 4. The van der Waals surface area contributed by atoms with Crippen LogP contribution >= 0.6 is 0 Å². The SMILES string of the molecule is COc1ccc(Nc2ncnc3c2C(c2cc(OC)c(OC)c(OC)c2)c2c(n[nH]c2C)O3)cc1. The number of hydrogen-bond acceptors (Lipinski definition) is 9. The van der Waals surface area contributed by atoms with Gasteiger partial charge in [-0.3, -0.25) is 5.10 Å². The minimum atomic E-state index is -0.330. The molecule has 0 spiro atoms. The number of hydrogen-bond donors (Lipinski definition) is 2. The molecule has 3 heterocycles. The van der Waals surface area contributed by atoms with E-state index in [-0.39, 0.29) is 5.92 Å². The summed E-state index contributed by atoms with van der Waals surface area (Å²) in [5.41, 5.74) is 4.21. The van der Waals surface area contributed by atoms with Gasteiger partial charge in [0, 0.05) is 16.9 Å². The Hall–Kier alpha value is -4.47. The van der Waals surface area contributed by atoms with E-state index in [1.165, 1.54) is 6.33 Å². The minimum Gasteiger partial charge on any atom is -0.497 e. The molecule has 180 valence electrons. The molecule has 0 radical (unpaired) electrons. The highest BCUT2D eigenvalue weighted by molar-refractivity contribution is 5.69. The third-order valence-electron chi connectivity index (χ3n) is 5.95. The summed E-state index contributed by atoms with van der Waals surface area (Å²) >= 11 is 0. The Kier molecular flexibility index (Phi) is 5.77. The van der Waals surface area contributed by atoms with Crippen molar-refractivity contribution in [1.29, 1.82) is 0 Å². The fraction of sp³-hybridized carbons (Fsp3) is 0.240. The first-order valence-electron chi connectivity index (χ1n) is 10.9. The molecule has 35 heavy (non-hydrogen) atoms. The number of ether oxygens (including phenoxy) is 5. The summed E-state index contributed by atoms with van der Waals surface area (Å²) in [4.78, 5) is 8.98. The second-order valence-electron chi connectivity index (χ2n) is 7.86. The number of fused-ring (bicyclic) bond motifs is 2. The van der Waals surface area contributed by atoms with Crippen molar-refractivity contribution in [3.63, 3.8) is 0 Å². The van der Waals surface area contributed by atoms with Crippen LogP contribution in [-0.4, -0.2) is 48.6 Å². The van der Waals surface area contributed by atoms with Gasteiger partial charge in [0.25, 0.3) is 0 Å². The molecule has 2 N–H and O–H groups in total. The lowest BCUT2D eigenvalue weighted by Crippen LogP contribution is -2.16. The molecule has 0 aliphatic carbocycles. The highest BCUT2D eigenvalue weighted by Gasteiger charge is 2.37. The Labute approximate surface area is 202 Å². The zero-order valence-corrected chi connectivity index (χ0v) is 20.0. The second kappa shape index (κ2) is 9.05. The molecular formula is C25H25N5O5. The van der Waals surface area contributed by atoms with E-state index in [1.807, 2.05) is 43.3 Å². The van der Waals surface area contributed by atoms with Crippen LogP contribution < -0.4 is 29.0 Å². The van der Waals surface area contributed by atoms with Crippen LogP contribution in [0.2, 0.25) is 0 Å². The molecule has 1 unspecified atom stereocenters. The van der Waals surface area contributed by atoms with Crippen molar-refractivity contribution in [3.8, 4) is 34.8 Å². The van der Waals surface area contributed by atoms with Gasteiger partial charge in [0.2, 0.25) is 17.5 Å². The van der Waals surface area contributed by atoms with Gasteiger partial charge in [-0.15, -0.1) is 5.10 Å². The lowest BCUT2D eigenvalue weighted by atomic mass is 9.84. The van der Waals surface area contributed by atoms with Crippen LogP contribution in [0.3, 0.4) is 0 Å². The highest BCUT2D eigenvalue weighted by Crippen LogP contribution is 2.51. The van der Waals surface area contributed by atoms with Crippen molar-refractivity contribution in [1.82, 2.24) is 20.2 Å². The largest absolute Gasteiger partial charge is 0.497 e. The molecule has 5 rings (SSSR count). The average Bonchev–Trinajstić information content (AvgIpc) is 3.27. The predicted molar refractivity (Wildman–Crippen MR) is 129 cm³/mol. The van der Waals surface area contributed by atoms with Gasteiger partial charge >= 0.3 is 0 Å². The number of nitrogens with zero attached hydrogens (tertiary/aromatic N) is 3. The van der Waals surface area contributed by atoms with Crippen molar-refractivity contribution in [3.05, 3.63) is 65.1 Å². The zero-order chi connectivity index (χ0) is 24.5. The first-order valence-corrected chi connectivity index (χ1v) is 10.9. The molecule has 4 aromatic rings. The van der Waals surface area contributed by atoms with E-state index in [0.29, 0.717) is 34.8 Å². The lowest BCUT2D eigenvalue weighted by molar-refractivity contribution is 0.323. The summed E-state index contributed by atoms with van der Waals surface area (Å²) < 4.78 is 28.1. The lowest BCUT2D eigenvalue weighted by Gasteiger charge is -2.28. The fourth-order valence-corrected chi connectivity index (χ4v) is 4.30. The molecule has 10 nitrogen and oxygen atoms in total. The summed E-state index contributed by atoms with van der Waals surface area (Å²) in [7, 11) is 6.39. The Balaban J connectivity index is 1.70. The normalized spacial score (nSPS) is 13.8. The van der Waals surface area contributed by atoms with Crippen LogP contribution in [0.25, 0.3) is 0 Å². The quantitative estimate of drug-likeness (QED) is 0.349. The molecule has 2 aromatic heterocycles. The van der Waals surface area contributed by atoms with E-state index in [0.717, 1.165) is 33.8 Å². The van der Waals surface area contributed by atoms with Crippen molar-refractivity contribution in [2.24, 2.45) is 0 Å². The van der Waals surface area contributed by atoms with Crippen LogP contribution in [0.4, 0.5) is 11.5 Å². The van der Waals surface area contributed by atoms with Gasteiger partial charge in [0.05, 0.1) is 39.9 Å². The van der Waals surface area contributed by atoms with Gasteiger partial charge in [0.15, 0.2) is 11.5 Å². The Morgan fingerprint density at radius 2 is 1.57 bits per heavy atom. The van der Waals surface area contributed by atoms with Crippen LogP contribution in [0.1, 0.15) is 28.3 Å². The van der Waals surface area contributed by atoms with E-state index >= 15 is 0 Å². The van der Waals surface area contributed by atoms with Crippen molar-refractivity contribution in [2.75, 3.05) is 33.8 Å². The molecule has 1 atom stereocenters. The van der Waals surface area contributed by atoms with E-state index in [9.17, 15) is 0 Å². The van der Waals surface area contributed by atoms with E-state index in [4.69, 9.17) is 23.7 Å². The number of nitrogens with one attached hydrogen (secondary N) is 2. The van der Waals surface area contributed by atoms with Gasteiger partial charge < -0.3 is 29.0 Å². The average molecular weight is 476 g/mol. The Bertz CT molecular complexity index is 1340. The summed E-state index contributed by atoms with van der Waals surface area (Å²) in [5.74, 6) is 3.50. The van der Waals surface area contributed by atoms with Crippen LogP contribution in [0.5, 0.6) is 34.8 Å². The Morgan fingerprint density at radius 3 is 2.20 bits per heavy atom. The fourth-order valence-electron chi connectivity index (χ4n) is 4.30. The molecule has 0 bridgehead atoms. The summed E-state index contributed by atoms with van der Waals surface area (Å²) in [5, 5.41) is 10.8. The predicted octanol–water partition coefficient (Wildman–Crippen LogP) is 4.57. The van der Waals surface area contributed by atoms with Crippen molar-refractivity contribution < 1.29 is 23.7 Å². The Morgan fingerprint density at radius 1 is 0.857 bits per heavy atom. The van der Waals surface area contributed by atoms with Gasteiger partial charge in [-0.25, -0.2) is 9.97 Å². The molecule has 0 amide bonds. The van der Waals surface area contributed by atoms with Crippen LogP contribution in [0, 0.1) is 6.92 Å². The molecule has 10 heteroatoms. The molecule has 0 saturated heterocycles. The first-order chi connectivity index (χ1) is 17.1. The summed E-state index contributed by atoms with van der Waals surface area (Å²) in [6.45, 7) is 1.95. The number of anilines is 2. The third kappa shape index (κ3) is 3.82. The molecule has 0 saturated carbocycles. The number of rotatable bonds is 7. The topological polar surface area (TPSA) is 113 Å². The van der Waals surface area contributed by atoms with Crippen molar-refractivity contribution >= 4 is 11.5 Å². The van der Waals surface area contributed by atoms with E-state index in [1.54, 1.807) is 28.4 Å². The molecule has 0 fully saturated rings. The maximum absolute atomic E-state index is 6.08. The first kappa shape index (κ1) is 22.3. The zero-order valence-electron chi connectivity index (χ0n) is 20.0. The monoisotopic (exact) mass is 475 g/mol. The number of aromatic nitrogens is 4. The van der Waals surface area contributed by atoms with E-state index in [2.05, 4.69) is 25.5 Å². The second-order valence-corrected chi connectivity index (χ2v) is 7.86. The smallest absolute Gasteiger partial charge is 0.244 e. The number of aromatic amines is 1. The van der Waals surface area contributed by atoms with Gasteiger partial charge in [-0.05, 0) is 48.9 Å².